The minimum Gasteiger partial charge on any atom is -0.496 e. The number of aromatic nitrogens is 2. The summed E-state index contributed by atoms with van der Waals surface area (Å²) in [5.74, 6) is 0.516. The van der Waals surface area contributed by atoms with Gasteiger partial charge in [-0.2, -0.15) is 0 Å². The van der Waals surface area contributed by atoms with Crippen molar-refractivity contribution in [2.24, 2.45) is 0 Å². The number of ether oxygens (including phenoxy) is 3. The molecule has 0 aliphatic carbocycles. The molecule has 0 saturated carbocycles. The van der Waals surface area contributed by atoms with Crippen LogP contribution in [-0.2, 0) is 9.47 Å². The molecule has 0 saturated heterocycles. The lowest BCUT2D eigenvalue weighted by molar-refractivity contribution is -0.108. The van der Waals surface area contributed by atoms with Crippen LogP contribution in [0.2, 0.25) is 0 Å². The van der Waals surface area contributed by atoms with E-state index in [4.69, 9.17) is 18.3 Å². The van der Waals surface area contributed by atoms with Crippen LogP contribution in [0, 0.1) is 0 Å². The molecule has 0 aliphatic heterocycles. The molecule has 5 heteroatoms. The van der Waals surface area contributed by atoms with Gasteiger partial charge in [0.15, 0.2) is 5.82 Å². The molecule has 1 aromatic heterocycles. The van der Waals surface area contributed by atoms with Gasteiger partial charge in [-0.15, -0.1) is 0 Å². The summed E-state index contributed by atoms with van der Waals surface area (Å²) < 4.78 is 37.0. The fraction of sp³-hybridized carbons (Fsp3) is 0.286. The highest BCUT2D eigenvalue weighted by Crippen LogP contribution is 2.27. The number of methoxy groups -OCH3 is 3. The minimum atomic E-state index is -2.55. The maximum atomic E-state index is 7.23. The molecule has 0 aliphatic rings. The van der Waals surface area contributed by atoms with E-state index in [1.807, 2.05) is 0 Å². The molecule has 100 valence electrons. The summed E-state index contributed by atoms with van der Waals surface area (Å²) >= 11 is 0. The molecule has 0 radical (unpaired) electrons. The van der Waals surface area contributed by atoms with E-state index >= 15 is 0 Å². The number of para-hydroxylation sites is 1. The molecule has 2 rings (SSSR count). The van der Waals surface area contributed by atoms with Crippen LogP contribution in [-0.4, -0.2) is 31.2 Å². The fourth-order valence-corrected chi connectivity index (χ4v) is 1.71. The molecule has 0 spiro atoms. The third-order valence-corrected chi connectivity index (χ3v) is 2.58. The molecule has 2 aromatic rings. The van der Waals surface area contributed by atoms with Crippen LogP contribution >= 0.6 is 0 Å². The zero-order chi connectivity index (χ0) is 16.2. The Hall–Kier alpha value is -1.98. The van der Waals surface area contributed by atoms with Gasteiger partial charge in [0.25, 0.3) is 0 Å². The van der Waals surface area contributed by atoms with Crippen molar-refractivity contribution in [1.29, 1.82) is 0 Å². The van der Waals surface area contributed by atoms with Crippen LogP contribution in [0.1, 0.15) is 16.1 Å². The molecule has 0 atom stereocenters. The summed E-state index contributed by atoms with van der Waals surface area (Å²) in [5, 5.41) is 0. The normalized spacial score (nSPS) is 13.7. The first-order chi connectivity index (χ1) is 10.4. The van der Waals surface area contributed by atoms with Crippen LogP contribution in [0.15, 0.2) is 36.5 Å². The second-order valence-corrected chi connectivity index (χ2v) is 3.71. The maximum absolute atomic E-state index is 7.23. The quantitative estimate of drug-likeness (QED) is 0.775. The molecule has 0 bridgehead atoms. The SMILES string of the molecule is [2H]C([2H])([2H])Oc1ccccc1-c1nccc(C(OC)OC)n1. The predicted molar refractivity (Wildman–Crippen MR) is 70.8 cm³/mol. The number of nitrogens with zero attached hydrogens (tertiary/aromatic N) is 2. The molecule has 19 heavy (non-hydrogen) atoms. The molecule has 1 heterocycles. The summed E-state index contributed by atoms with van der Waals surface area (Å²) in [6.45, 7) is 0. The standard InChI is InChI=1S/C14H16N2O3/c1-17-12-7-5-4-6-10(12)13-15-9-8-11(16-13)14(18-2)19-3/h4-9,14H,1-3H3/i1D3. The van der Waals surface area contributed by atoms with Crippen molar-refractivity contribution in [2.45, 2.75) is 6.29 Å². The summed E-state index contributed by atoms with van der Waals surface area (Å²) in [5.41, 5.74) is 1.00. The van der Waals surface area contributed by atoms with E-state index in [1.54, 1.807) is 36.5 Å². The predicted octanol–water partition coefficient (Wildman–Crippen LogP) is 2.44. The topological polar surface area (TPSA) is 53.5 Å². The molecular formula is C14H16N2O3. The summed E-state index contributed by atoms with van der Waals surface area (Å²) in [6.07, 6.45) is 0.923. The lowest BCUT2D eigenvalue weighted by Gasteiger charge is -2.13. The van der Waals surface area contributed by atoms with Crippen molar-refractivity contribution in [3.8, 4) is 17.1 Å². The molecule has 0 amide bonds. The Balaban J connectivity index is 2.42. The molecule has 1 aromatic carbocycles. The van der Waals surface area contributed by atoms with E-state index in [0.717, 1.165) is 0 Å². The zero-order valence-corrected chi connectivity index (χ0v) is 10.7. The zero-order valence-electron chi connectivity index (χ0n) is 13.7. The fourth-order valence-electron chi connectivity index (χ4n) is 1.71. The van der Waals surface area contributed by atoms with Crippen molar-refractivity contribution >= 4 is 0 Å². The minimum absolute atomic E-state index is 0.186. The Morgan fingerprint density at radius 3 is 2.68 bits per heavy atom. The van der Waals surface area contributed by atoms with Crippen molar-refractivity contribution in [1.82, 2.24) is 9.97 Å². The number of hydrogen-bond acceptors (Lipinski definition) is 5. The average Bonchev–Trinajstić information content (AvgIpc) is 2.48. The van der Waals surface area contributed by atoms with Gasteiger partial charge < -0.3 is 14.2 Å². The van der Waals surface area contributed by atoms with Crippen molar-refractivity contribution in [3.05, 3.63) is 42.2 Å². The highest BCUT2D eigenvalue weighted by molar-refractivity contribution is 5.63. The lowest BCUT2D eigenvalue weighted by Crippen LogP contribution is -2.07. The first kappa shape index (κ1) is 9.89. The first-order valence-electron chi connectivity index (χ1n) is 7.11. The Kier molecular flexibility index (Phi) is 3.26. The van der Waals surface area contributed by atoms with Gasteiger partial charge in [-0.3, -0.25) is 0 Å². The first-order valence-corrected chi connectivity index (χ1v) is 5.61. The van der Waals surface area contributed by atoms with E-state index in [1.165, 1.54) is 14.2 Å². The largest absolute Gasteiger partial charge is 0.496 e. The van der Waals surface area contributed by atoms with Crippen LogP contribution in [0.3, 0.4) is 0 Å². The van der Waals surface area contributed by atoms with Gasteiger partial charge in [0.2, 0.25) is 6.29 Å². The van der Waals surface area contributed by atoms with Crippen LogP contribution in [0.5, 0.6) is 5.75 Å². The third kappa shape index (κ3) is 2.89. The van der Waals surface area contributed by atoms with E-state index < -0.39 is 13.3 Å². The van der Waals surface area contributed by atoms with Crippen LogP contribution in [0.4, 0.5) is 0 Å². The average molecular weight is 263 g/mol. The van der Waals surface area contributed by atoms with Crippen molar-refractivity contribution < 1.29 is 18.3 Å². The molecule has 0 N–H and O–H groups in total. The van der Waals surface area contributed by atoms with E-state index in [2.05, 4.69) is 9.97 Å². The summed E-state index contributed by atoms with van der Waals surface area (Å²) in [7, 11) is 0.457. The van der Waals surface area contributed by atoms with E-state index in [9.17, 15) is 0 Å². The number of benzene rings is 1. The molecule has 5 nitrogen and oxygen atoms in total. The highest BCUT2D eigenvalue weighted by atomic mass is 16.7. The van der Waals surface area contributed by atoms with Gasteiger partial charge >= 0.3 is 0 Å². The van der Waals surface area contributed by atoms with Gasteiger partial charge in [-0.1, -0.05) is 12.1 Å². The van der Waals surface area contributed by atoms with E-state index in [-0.39, 0.29) is 5.75 Å². The van der Waals surface area contributed by atoms with Gasteiger partial charge in [0, 0.05) is 20.4 Å². The number of hydrogen-bond donors (Lipinski definition) is 0. The molecular weight excluding hydrogens is 244 g/mol. The summed E-state index contributed by atoms with van der Waals surface area (Å²) in [6, 6.07) is 8.34. The second-order valence-electron chi connectivity index (χ2n) is 3.71. The second kappa shape index (κ2) is 6.26. The smallest absolute Gasteiger partial charge is 0.200 e. The molecule has 0 unspecified atom stereocenters. The number of rotatable bonds is 5. The van der Waals surface area contributed by atoms with Gasteiger partial charge in [0.1, 0.15) is 11.4 Å². The van der Waals surface area contributed by atoms with Crippen LogP contribution < -0.4 is 4.74 Å². The monoisotopic (exact) mass is 263 g/mol. The van der Waals surface area contributed by atoms with E-state index in [0.29, 0.717) is 17.1 Å². The van der Waals surface area contributed by atoms with Gasteiger partial charge in [-0.05, 0) is 18.2 Å². The summed E-state index contributed by atoms with van der Waals surface area (Å²) in [4.78, 5) is 8.52. The Bertz CT molecular complexity index is 631. The van der Waals surface area contributed by atoms with Crippen molar-refractivity contribution in [2.75, 3.05) is 21.3 Å². The highest BCUT2D eigenvalue weighted by Gasteiger charge is 2.14. The maximum Gasteiger partial charge on any atom is 0.200 e. The Labute approximate surface area is 116 Å². The van der Waals surface area contributed by atoms with Gasteiger partial charge in [-0.25, -0.2) is 9.97 Å². The van der Waals surface area contributed by atoms with Crippen molar-refractivity contribution in [3.63, 3.8) is 0 Å². The van der Waals surface area contributed by atoms with Gasteiger partial charge in [0.05, 0.1) is 16.7 Å². The molecule has 0 fully saturated rings. The third-order valence-electron chi connectivity index (χ3n) is 2.58. The van der Waals surface area contributed by atoms with Crippen LogP contribution in [0.25, 0.3) is 11.4 Å². The Morgan fingerprint density at radius 2 is 1.95 bits per heavy atom. The lowest BCUT2D eigenvalue weighted by atomic mass is 10.2. The Morgan fingerprint density at radius 1 is 1.16 bits per heavy atom.